The van der Waals surface area contributed by atoms with Gasteiger partial charge in [0.05, 0.1) is 4.88 Å². The van der Waals surface area contributed by atoms with E-state index in [1.165, 1.54) is 32.3 Å². The summed E-state index contributed by atoms with van der Waals surface area (Å²) >= 11 is 1.71. The third kappa shape index (κ3) is 5.55. The lowest BCUT2D eigenvalue weighted by Gasteiger charge is -2.09. The van der Waals surface area contributed by atoms with E-state index < -0.39 is 0 Å². The molecule has 0 saturated carbocycles. The summed E-state index contributed by atoms with van der Waals surface area (Å²) in [6, 6.07) is 57.0. The molecule has 2 aromatic heterocycles. The molecule has 0 atom stereocenters. The normalized spacial score (nSPS) is 11.1. The van der Waals surface area contributed by atoms with Crippen LogP contribution in [-0.4, -0.2) is 15.0 Å². The van der Waals surface area contributed by atoms with Crippen LogP contribution in [0.2, 0.25) is 0 Å². The van der Waals surface area contributed by atoms with Gasteiger partial charge < -0.3 is 0 Å². The van der Waals surface area contributed by atoms with E-state index in [4.69, 9.17) is 15.0 Å². The predicted molar refractivity (Wildman–Crippen MR) is 188 cm³/mol. The zero-order chi connectivity index (χ0) is 30.0. The summed E-state index contributed by atoms with van der Waals surface area (Å²) in [5, 5.41) is 1.18. The monoisotopic (exact) mass is 593 g/mol. The summed E-state index contributed by atoms with van der Waals surface area (Å²) < 4.78 is 1.20. The van der Waals surface area contributed by atoms with E-state index in [-0.39, 0.29) is 0 Å². The molecule has 0 N–H and O–H groups in total. The molecule has 0 radical (unpaired) electrons. The largest absolute Gasteiger partial charge is 0.208 e. The van der Waals surface area contributed by atoms with Crippen molar-refractivity contribution < 1.29 is 0 Å². The standard InChI is InChI=1S/C41H27N3S/c1-4-10-28(11-5-1)31-16-20-33(21-17-31)39-42-40(34-22-18-32(19-23-34)29-12-6-2-7-13-29)44-41(43-39)38-27-36-25-24-35(26-37(36)45-38)30-14-8-3-9-15-30/h1-27H. The molecule has 0 saturated heterocycles. The smallest absolute Gasteiger partial charge is 0.174 e. The molecule has 2 heterocycles. The summed E-state index contributed by atoms with van der Waals surface area (Å²) in [5.41, 5.74) is 8.98. The molecule has 45 heavy (non-hydrogen) atoms. The molecule has 0 spiro atoms. The third-order valence-corrected chi connectivity index (χ3v) is 9.08. The summed E-state index contributed by atoms with van der Waals surface area (Å²) in [7, 11) is 0. The van der Waals surface area contributed by atoms with Gasteiger partial charge in [-0.25, -0.2) is 15.0 Å². The Hall–Kier alpha value is -5.71. The van der Waals surface area contributed by atoms with Gasteiger partial charge in [0.25, 0.3) is 0 Å². The Kier molecular flexibility index (Phi) is 7.02. The number of hydrogen-bond acceptors (Lipinski definition) is 4. The van der Waals surface area contributed by atoms with Crippen LogP contribution in [0.5, 0.6) is 0 Å². The second-order valence-electron chi connectivity index (χ2n) is 10.9. The molecule has 0 aliphatic rings. The minimum absolute atomic E-state index is 0.657. The van der Waals surface area contributed by atoms with Crippen molar-refractivity contribution >= 4 is 21.4 Å². The highest BCUT2D eigenvalue weighted by molar-refractivity contribution is 7.22. The van der Waals surface area contributed by atoms with Crippen LogP contribution in [0.3, 0.4) is 0 Å². The Bertz CT molecular complexity index is 2120. The van der Waals surface area contributed by atoms with E-state index in [0.717, 1.165) is 27.1 Å². The maximum absolute atomic E-state index is 5.03. The number of benzene rings is 6. The Labute approximate surface area is 266 Å². The maximum Gasteiger partial charge on any atom is 0.174 e. The van der Waals surface area contributed by atoms with Crippen LogP contribution in [0.15, 0.2) is 164 Å². The van der Waals surface area contributed by atoms with Crippen molar-refractivity contribution in [3.63, 3.8) is 0 Å². The van der Waals surface area contributed by atoms with Crippen LogP contribution in [-0.2, 0) is 0 Å². The molecule has 0 amide bonds. The van der Waals surface area contributed by atoms with E-state index in [0.29, 0.717) is 17.5 Å². The molecule has 3 nitrogen and oxygen atoms in total. The lowest BCUT2D eigenvalue weighted by molar-refractivity contribution is 1.08. The first kappa shape index (κ1) is 26.9. The molecular formula is C41H27N3S. The van der Waals surface area contributed by atoms with E-state index >= 15 is 0 Å². The molecule has 4 heteroatoms. The molecule has 0 bridgehead atoms. The summed E-state index contributed by atoms with van der Waals surface area (Å²) in [5.74, 6) is 1.99. The fraction of sp³-hybridized carbons (Fsp3) is 0. The number of thiophene rings is 1. The summed E-state index contributed by atoms with van der Waals surface area (Å²) in [6.45, 7) is 0. The number of hydrogen-bond donors (Lipinski definition) is 0. The van der Waals surface area contributed by atoms with Crippen molar-refractivity contribution in [2.75, 3.05) is 0 Å². The number of rotatable bonds is 6. The molecule has 0 unspecified atom stereocenters. The van der Waals surface area contributed by atoms with Gasteiger partial charge in [0.1, 0.15) is 0 Å². The number of fused-ring (bicyclic) bond motifs is 1. The molecule has 0 fully saturated rings. The average Bonchev–Trinajstić information content (AvgIpc) is 3.57. The highest BCUT2D eigenvalue weighted by Crippen LogP contribution is 2.36. The second kappa shape index (κ2) is 11.8. The Morgan fingerprint density at radius 1 is 0.311 bits per heavy atom. The first-order valence-electron chi connectivity index (χ1n) is 14.9. The van der Waals surface area contributed by atoms with Crippen molar-refractivity contribution in [3.05, 3.63) is 164 Å². The fourth-order valence-corrected chi connectivity index (χ4v) is 6.62. The summed E-state index contributed by atoms with van der Waals surface area (Å²) in [6.07, 6.45) is 0. The quantitative estimate of drug-likeness (QED) is 0.192. The van der Waals surface area contributed by atoms with E-state index in [9.17, 15) is 0 Å². The summed E-state index contributed by atoms with van der Waals surface area (Å²) in [4.78, 5) is 16.1. The third-order valence-electron chi connectivity index (χ3n) is 7.98. The second-order valence-corrected chi connectivity index (χ2v) is 12.0. The van der Waals surface area contributed by atoms with E-state index in [1.54, 1.807) is 11.3 Å². The van der Waals surface area contributed by atoms with Gasteiger partial charge in [0.2, 0.25) is 0 Å². The number of nitrogens with zero attached hydrogens (tertiary/aromatic N) is 3. The average molecular weight is 594 g/mol. The molecule has 6 aromatic carbocycles. The van der Waals surface area contributed by atoms with Crippen LogP contribution in [0.1, 0.15) is 0 Å². The van der Waals surface area contributed by atoms with Gasteiger partial charge in [-0.1, -0.05) is 152 Å². The lowest BCUT2D eigenvalue weighted by Crippen LogP contribution is -1.99. The number of aromatic nitrogens is 3. The van der Waals surface area contributed by atoms with Gasteiger partial charge in [-0.3, -0.25) is 0 Å². The van der Waals surface area contributed by atoms with Gasteiger partial charge in [-0.15, -0.1) is 11.3 Å². The van der Waals surface area contributed by atoms with Crippen LogP contribution in [0.25, 0.3) is 76.9 Å². The highest BCUT2D eigenvalue weighted by Gasteiger charge is 2.15. The topological polar surface area (TPSA) is 38.7 Å². The SMILES string of the molecule is c1ccc(-c2ccc(-c3nc(-c4ccc(-c5ccccc5)cc4)nc(-c4cc5ccc(-c6ccccc6)cc5s4)n3)cc2)cc1. The Balaban J connectivity index is 1.22. The van der Waals surface area contributed by atoms with Gasteiger partial charge in [0.15, 0.2) is 17.5 Å². The molecule has 0 aliphatic carbocycles. The van der Waals surface area contributed by atoms with E-state index in [1.807, 2.05) is 18.2 Å². The zero-order valence-corrected chi connectivity index (χ0v) is 25.2. The van der Waals surface area contributed by atoms with Gasteiger partial charge in [-0.2, -0.15) is 0 Å². The van der Waals surface area contributed by atoms with Crippen molar-refractivity contribution in [1.82, 2.24) is 15.0 Å². The fourth-order valence-electron chi connectivity index (χ4n) is 5.58. The lowest BCUT2D eigenvalue weighted by atomic mass is 10.0. The van der Waals surface area contributed by atoms with Crippen molar-refractivity contribution in [1.29, 1.82) is 0 Å². The predicted octanol–water partition coefficient (Wildman–Crippen LogP) is 11.1. The Morgan fingerprint density at radius 2 is 0.689 bits per heavy atom. The van der Waals surface area contributed by atoms with Crippen molar-refractivity contribution in [3.8, 4) is 66.9 Å². The van der Waals surface area contributed by atoms with Crippen molar-refractivity contribution in [2.45, 2.75) is 0 Å². The van der Waals surface area contributed by atoms with Crippen molar-refractivity contribution in [2.24, 2.45) is 0 Å². The first-order valence-corrected chi connectivity index (χ1v) is 15.8. The molecule has 212 valence electrons. The van der Waals surface area contributed by atoms with Crippen LogP contribution >= 0.6 is 11.3 Å². The first-order chi connectivity index (χ1) is 22.3. The molecule has 8 aromatic rings. The molecular weight excluding hydrogens is 567 g/mol. The highest BCUT2D eigenvalue weighted by atomic mass is 32.1. The van der Waals surface area contributed by atoms with E-state index in [2.05, 4.69) is 146 Å². The van der Waals surface area contributed by atoms with Gasteiger partial charge >= 0.3 is 0 Å². The zero-order valence-electron chi connectivity index (χ0n) is 24.3. The van der Waals surface area contributed by atoms with Gasteiger partial charge in [-0.05, 0) is 50.9 Å². The maximum atomic E-state index is 5.03. The van der Waals surface area contributed by atoms with Gasteiger partial charge in [0, 0.05) is 15.8 Å². The molecule has 8 rings (SSSR count). The van der Waals surface area contributed by atoms with Crippen LogP contribution < -0.4 is 0 Å². The van der Waals surface area contributed by atoms with Crippen LogP contribution in [0.4, 0.5) is 0 Å². The minimum atomic E-state index is 0.657. The Morgan fingerprint density at radius 3 is 1.18 bits per heavy atom. The molecule has 0 aliphatic heterocycles. The minimum Gasteiger partial charge on any atom is -0.208 e. The van der Waals surface area contributed by atoms with Crippen LogP contribution in [0, 0.1) is 0 Å².